The lowest BCUT2D eigenvalue weighted by Crippen LogP contribution is -2.60. The first-order valence-electron chi connectivity index (χ1n) is 7.21. The molecule has 0 spiro atoms. The van der Waals surface area contributed by atoms with Crippen LogP contribution >= 0.6 is 0 Å². The molecule has 3 aliphatic heterocycles. The smallest absolute Gasteiger partial charge is 0.250 e. The number of hydrogen-bond donors (Lipinski definition) is 0. The third-order valence-electron chi connectivity index (χ3n) is 5.66. The van der Waals surface area contributed by atoms with E-state index in [2.05, 4.69) is 17.7 Å². The van der Waals surface area contributed by atoms with Gasteiger partial charge < -0.3 is 9.05 Å². The van der Waals surface area contributed by atoms with Gasteiger partial charge in [0.05, 0.1) is 26.2 Å². The van der Waals surface area contributed by atoms with Crippen molar-refractivity contribution in [3.63, 3.8) is 0 Å². The fraction of sp³-hybridized carbons (Fsp3) is 0.667. The van der Waals surface area contributed by atoms with E-state index in [4.69, 9.17) is 0 Å². The van der Waals surface area contributed by atoms with Crippen molar-refractivity contribution >= 4 is 0 Å². The summed E-state index contributed by atoms with van der Waals surface area (Å²) in [5.41, 5.74) is 1.50. The molecule has 0 radical (unpaired) electrons. The summed E-state index contributed by atoms with van der Waals surface area (Å²) in [5.74, 6) is 1.33. The minimum atomic E-state index is 0.205. The molecule has 0 N–H and O–H groups in total. The maximum atomic E-state index is 12.0. The maximum Gasteiger partial charge on any atom is 0.250 e. The maximum absolute atomic E-state index is 12.0. The molecule has 1 aromatic rings. The fourth-order valence-corrected chi connectivity index (χ4v) is 4.94. The molecule has 0 amide bonds. The van der Waals surface area contributed by atoms with E-state index < -0.39 is 0 Å². The number of rotatable bonds is 0. The average Bonchev–Trinajstić information content (AvgIpc) is 2.73. The molecule has 18 heavy (non-hydrogen) atoms. The zero-order chi connectivity index (χ0) is 12.3. The monoisotopic (exact) mass is 245 g/mol. The van der Waals surface area contributed by atoms with E-state index in [9.17, 15) is 4.79 Å². The first-order valence-corrected chi connectivity index (χ1v) is 7.21. The van der Waals surface area contributed by atoms with E-state index in [1.54, 1.807) is 6.07 Å². The zero-order valence-electron chi connectivity index (χ0n) is 11.0. The molecule has 0 aliphatic carbocycles. The minimum Gasteiger partial charge on any atom is -0.323 e. The summed E-state index contributed by atoms with van der Waals surface area (Å²) in [7, 11) is 2.44. The third kappa shape index (κ3) is 1.31. The topological polar surface area (TPSA) is 22.0 Å². The van der Waals surface area contributed by atoms with E-state index in [0.717, 1.165) is 18.5 Å². The number of nitrogens with zero attached hydrogens (tertiary/aromatic N) is 2. The number of quaternary nitrogens is 1. The van der Waals surface area contributed by atoms with Crippen LogP contribution in [0.15, 0.2) is 23.0 Å². The number of fused-ring (bicyclic) bond motifs is 6. The molecule has 4 heterocycles. The Bertz CT molecular complexity index is 550. The van der Waals surface area contributed by atoms with Gasteiger partial charge in [-0.3, -0.25) is 4.79 Å². The minimum absolute atomic E-state index is 0.205. The summed E-state index contributed by atoms with van der Waals surface area (Å²) in [4.78, 5) is 12.0. The van der Waals surface area contributed by atoms with Crippen LogP contribution in [0.4, 0.5) is 0 Å². The Balaban J connectivity index is 1.83. The molecule has 3 aliphatic rings. The van der Waals surface area contributed by atoms with Crippen LogP contribution in [0.2, 0.25) is 0 Å². The summed E-state index contributed by atoms with van der Waals surface area (Å²) >= 11 is 0. The molecule has 2 saturated heterocycles. The Morgan fingerprint density at radius 3 is 3.17 bits per heavy atom. The second kappa shape index (κ2) is 3.47. The lowest BCUT2D eigenvalue weighted by atomic mass is 9.77. The van der Waals surface area contributed by atoms with E-state index in [0.29, 0.717) is 5.92 Å². The van der Waals surface area contributed by atoms with Crippen LogP contribution in [-0.4, -0.2) is 35.2 Å². The highest BCUT2D eigenvalue weighted by atomic mass is 16.1. The van der Waals surface area contributed by atoms with Gasteiger partial charge >= 0.3 is 0 Å². The van der Waals surface area contributed by atoms with Gasteiger partial charge in [-0.15, -0.1) is 0 Å². The van der Waals surface area contributed by atoms with Gasteiger partial charge in [0, 0.05) is 43.0 Å². The molecule has 2 fully saturated rings. The zero-order valence-corrected chi connectivity index (χ0v) is 11.0. The summed E-state index contributed by atoms with van der Waals surface area (Å²) in [6.45, 7) is 3.55. The average molecular weight is 245 g/mol. The normalized spacial score (nSPS) is 41.3. The first kappa shape index (κ1) is 10.8. The van der Waals surface area contributed by atoms with Crippen LogP contribution in [0, 0.1) is 5.92 Å². The molecule has 1 unspecified atom stereocenters. The predicted octanol–water partition coefficient (Wildman–Crippen LogP) is 1.57. The Morgan fingerprint density at radius 1 is 1.39 bits per heavy atom. The van der Waals surface area contributed by atoms with Gasteiger partial charge in [-0.1, -0.05) is 6.07 Å². The summed E-state index contributed by atoms with van der Waals surface area (Å²) in [6.07, 6.45) is 4.04. The highest BCUT2D eigenvalue weighted by molar-refractivity contribution is 5.16. The lowest BCUT2D eigenvalue weighted by molar-refractivity contribution is -0.932. The van der Waals surface area contributed by atoms with Crippen LogP contribution < -0.4 is 5.56 Å². The summed E-state index contributed by atoms with van der Waals surface area (Å²) < 4.78 is 3.32. The predicted molar refractivity (Wildman–Crippen MR) is 70.5 cm³/mol. The molecule has 4 atom stereocenters. The number of likely N-dealkylation sites (N-methyl/N-ethyl adjacent to an activating group) is 1. The van der Waals surface area contributed by atoms with Crippen LogP contribution in [0.1, 0.15) is 30.9 Å². The van der Waals surface area contributed by atoms with Crippen molar-refractivity contribution in [3.05, 3.63) is 34.2 Å². The van der Waals surface area contributed by atoms with Crippen molar-refractivity contribution in [1.29, 1.82) is 0 Å². The first-order chi connectivity index (χ1) is 8.67. The van der Waals surface area contributed by atoms with Crippen molar-refractivity contribution < 1.29 is 4.48 Å². The Morgan fingerprint density at radius 2 is 2.28 bits per heavy atom. The van der Waals surface area contributed by atoms with Crippen molar-refractivity contribution in [2.45, 2.75) is 37.8 Å². The number of hydrogen-bond acceptors (Lipinski definition) is 1. The van der Waals surface area contributed by atoms with Crippen molar-refractivity contribution in [1.82, 2.24) is 4.57 Å². The van der Waals surface area contributed by atoms with Gasteiger partial charge in [0.25, 0.3) is 5.56 Å². The Kier molecular flexibility index (Phi) is 2.08. The van der Waals surface area contributed by atoms with Gasteiger partial charge in [-0.25, -0.2) is 0 Å². The van der Waals surface area contributed by atoms with Crippen molar-refractivity contribution in [2.75, 3.05) is 20.1 Å². The van der Waals surface area contributed by atoms with Crippen molar-refractivity contribution in [3.8, 4) is 0 Å². The second-order valence-electron chi connectivity index (χ2n) is 6.69. The Labute approximate surface area is 108 Å². The lowest BCUT2D eigenvalue weighted by Gasteiger charge is -2.50. The van der Waals surface area contributed by atoms with E-state index in [1.165, 1.54) is 42.5 Å². The molecular weight excluding hydrogens is 224 g/mol. The van der Waals surface area contributed by atoms with E-state index in [1.807, 2.05) is 6.07 Å². The fourth-order valence-electron chi connectivity index (χ4n) is 4.94. The van der Waals surface area contributed by atoms with Crippen LogP contribution in [0.3, 0.4) is 0 Å². The SMILES string of the molecule is C[N+]12CCC[C@@H]1[C@@H]1C[C@@H](C2)c2cccc(=O)n2C1. The molecule has 0 saturated carbocycles. The number of piperidine rings is 1. The molecule has 0 aromatic carbocycles. The van der Waals surface area contributed by atoms with Crippen LogP contribution in [0.5, 0.6) is 0 Å². The highest BCUT2D eigenvalue weighted by Gasteiger charge is 2.51. The molecule has 3 heteroatoms. The van der Waals surface area contributed by atoms with E-state index >= 15 is 0 Å². The molecule has 4 rings (SSSR count). The summed E-state index contributed by atoms with van der Waals surface area (Å²) in [5, 5.41) is 0. The van der Waals surface area contributed by atoms with Crippen LogP contribution in [0.25, 0.3) is 0 Å². The van der Waals surface area contributed by atoms with Gasteiger partial charge in [0.15, 0.2) is 0 Å². The number of aromatic nitrogens is 1. The van der Waals surface area contributed by atoms with Gasteiger partial charge in [0.1, 0.15) is 0 Å². The van der Waals surface area contributed by atoms with Crippen molar-refractivity contribution in [2.24, 2.45) is 5.92 Å². The third-order valence-corrected chi connectivity index (χ3v) is 5.66. The Hall–Kier alpha value is -1.09. The van der Waals surface area contributed by atoms with Gasteiger partial charge in [-0.05, 0) is 12.5 Å². The molecular formula is C15H21N2O+. The largest absolute Gasteiger partial charge is 0.323 e. The molecule has 2 bridgehead atoms. The standard InChI is InChI=1S/C15H21N2O/c1-17-7-3-5-14(17)11-8-12(10-17)13-4-2-6-15(18)16(13)9-11/h2,4,6,11-12,14H,3,5,7-10H2,1H3/q+1/t11-,12+,14-,17?/m1/s1. The van der Waals surface area contributed by atoms with Gasteiger partial charge in [0.2, 0.25) is 0 Å². The quantitative estimate of drug-likeness (QED) is 0.636. The molecule has 96 valence electrons. The molecule has 1 aromatic heterocycles. The summed E-state index contributed by atoms with van der Waals surface area (Å²) in [6, 6.07) is 6.63. The molecule has 3 nitrogen and oxygen atoms in total. The van der Waals surface area contributed by atoms with Crippen LogP contribution in [-0.2, 0) is 6.54 Å². The number of pyridine rings is 1. The second-order valence-corrected chi connectivity index (χ2v) is 6.69. The highest BCUT2D eigenvalue weighted by Crippen LogP contribution is 2.45. The van der Waals surface area contributed by atoms with E-state index in [-0.39, 0.29) is 5.56 Å². The van der Waals surface area contributed by atoms with Gasteiger partial charge in [-0.2, -0.15) is 0 Å².